The molecule has 1 aromatic heterocycles. The fourth-order valence-corrected chi connectivity index (χ4v) is 4.79. The molecule has 2 atom stereocenters. The number of ether oxygens (including phenoxy) is 1. The summed E-state index contributed by atoms with van der Waals surface area (Å²) in [6.45, 7) is 9.99. The number of rotatable bonds is 4. The van der Waals surface area contributed by atoms with Crippen LogP contribution in [0.25, 0.3) is 0 Å². The number of benzene rings is 1. The molecule has 5 nitrogen and oxygen atoms in total. The van der Waals surface area contributed by atoms with Gasteiger partial charge in [-0.25, -0.2) is 4.98 Å². The molecule has 0 saturated carbocycles. The molecule has 4 rings (SSSR count). The number of aromatic nitrogens is 1. The quantitative estimate of drug-likeness (QED) is 0.848. The summed E-state index contributed by atoms with van der Waals surface area (Å²) in [6, 6.07) is 8.92. The van der Waals surface area contributed by atoms with Gasteiger partial charge in [-0.3, -0.25) is 4.90 Å². The van der Waals surface area contributed by atoms with Gasteiger partial charge in [0.05, 0.1) is 11.7 Å². The molecule has 1 unspecified atom stereocenters. The van der Waals surface area contributed by atoms with Gasteiger partial charge in [0.2, 0.25) is 0 Å². The summed E-state index contributed by atoms with van der Waals surface area (Å²) in [6.07, 6.45) is 3.70. The third-order valence-corrected chi connectivity index (χ3v) is 6.39. The number of nitrogens with two attached hydrogens (primary N) is 1. The van der Waals surface area contributed by atoms with E-state index in [9.17, 15) is 0 Å². The summed E-state index contributed by atoms with van der Waals surface area (Å²) >= 11 is 1.53. The minimum atomic E-state index is 0.214. The predicted octanol–water partition coefficient (Wildman–Crippen LogP) is 4.32. The molecule has 2 N–H and O–H groups in total. The van der Waals surface area contributed by atoms with Crippen molar-refractivity contribution in [2.45, 2.75) is 57.7 Å². The Bertz CT molecular complexity index is 767. The highest BCUT2D eigenvalue weighted by atomic mass is 32.1. The van der Waals surface area contributed by atoms with Crippen LogP contribution in [-0.2, 0) is 0 Å². The van der Waals surface area contributed by atoms with Gasteiger partial charge in [0.15, 0.2) is 5.13 Å². The SMILES string of the molecule is CC(C)(C)N1CCC(Oc2ccc(N3CCC[C@@H]3c3csc(N)n3)cc2)C1. The van der Waals surface area contributed by atoms with Gasteiger partial charge in [-0.05, 0) is 64.3 Å². The van der Waals surface area contributed by atoms with E-state index in [0.717, 1.165) is 43.9 Å². The van der Waals surface area contributed by atoms with E-state index in [-0.39, 0.29) is 11.6 Å². The summed E-state index contributed by atoms with van der Waals surface area (Å²) in [4.78, 5) is 9.45. The Kier molecular flexibility index (Phi) is 5.03. The van der Waals surface area contributed by atoms with E-state index in [1.54, 1.807) is 0 Å². The molecule has 27 heavy (non-hydrogen) atoms. The number of nitrogens with zero attached hydrogens (tertiary/aromatic N) is 3. The first-order valence-electron chi connectivity index (χ1n) is 9.89. The van der Waals surface area contributed by atoms with Gasteiger partial charge in [-0.2, -0.15) is 0 Å². The number of anilines is 2. The molecule has 146 valence electrons. The first-order chi connectivity index (χ1) is 12.9. The lowest BCUT2D eigenvalue weighted by Crippen LogP contribution is -2.40. The average molecular weight is 387 g/mol. The number of hydrogen-bond acceptors (Lipinski definition) is 6. The van der Waals surface area contributed by atoms with E-state index < -0.39 is 0 Å². The van der Waals surface area contributed by atoms with Crippen molar-refractivity contribution in [1.82, 2.24) is 9.88 Å². The molecule has 2 saturated heterocycles. The molecule has 0 spiro atoms. The molecule has 0 radical (unpaired) electrons. The second-order valence-electron chi connectivity index (χ2n) is 8.60. The van der Waals surface area contributed by atoms with Crippen LogP contribution in [0.4, 0.5) is 10.8 Å². The summed E-state index contributed by atoms with van der Waals surface area (Å²) in [5, 5.41) is 2.75. The van der Waals surface area contributed by atoms with Gasteiger partial charge in [-0.1, -0.05) is 0 Å². The second-order valence-corrected chi connectivity index (χ2v) is 9.49. The first-order valence-corrected chi connectivity index (χ1v) is 10.8. The Morgan fingerprint density at radius 2 is 1.93 bits per heavy atom. The molecule has 2 fully saturated rings. The van der Waals surface area contributed by atoms with Crippen molar-refractivity contribution >= 4 is 22.2 Å². The van der Waals surface area contributed by atoms with Gasteiger partial charge < -0.3 is 15.4 Å². The third kappa shape index (κ3) is 4.06. The van der Waals surface area contributed by atoms with E-state index in [1.165, 1.54) is 23.4 Å². The van der Waals surface area contributed by atoms with Crippen molar-refractivity contribution in [3.8, 4) is 5.75 Å². The van der Waals surface area contributed by atoms with E-state index in [4.69, 9.17) is 10.5 Å². The third-order valence-electron chi connectivity index (χ3n) is 5.70. The van der Waals surface area contributed by atoms with E-state index in [2.05, 4.69) is 65.2 Å². The van der Waals surface area contributed by atoms with Gasteiger partial charge in [0, 0.05) is 36.2 Å². The van der Waals surface area contributed by atoms with Crippen LogP contribution in [0.5, 0.6) is 5.75 Å². The molecule has 2 aliphatic rings. The number of hydrogen-bond donors (Lipinski definition) is 1. The highest BCUT2D eigenvalue weighted by molar-refractivity contribution is 7.13. The molecule has 0 bridgehead atoms. The van der Waals surface area contributed by atoms with Gasteiger partial charge in [-0.15, -0.1) is 11.3 Å². The second kappa shape index (κ2) is 7.32. The van der Waals surface area contributed by atoms with Crippen LogP contribution in [0.1, 0.15) is 51.8 Å². The van der Waals surface area contributed by atoms with E-state index in [1.807, 2.05) is 0 Å². The average Bonchev–Trinajstić information content (AvgIpc) is 3.34. The standard InChI is InChI=1S/C21H30N4OS/c1-21(2,3)24-12-10-17(13-24)26-16-8-6-15(7-9-16)25-11-4-5-19(25)18-14-27-20(22)23-18/h6-9,14,17,19H,4-5,10-13H2,1-3H3,(H2,22,23)/t17?,19-/m1/s1. The Hall–Kier alpha value is -1.79. The summed E-state index contributed by atoms with van der Waals surface area (Å²) in [5.41, 5.74) is 8.38. The molecule has 0 aliphatic carbocycles. The Balaban J connectivity index is 1.40. The van der Waals surface area contributed by atoms with Crippen LogP contribution in [0.3, 0.4) is 0 Å². The lowest BCUT2D eigenvalue weighted by atomic mass is 10.1. The number of thiazole rings is 1. The number of nitrogen functional groups attached to an aromatic ring is 1. The maximum atomic E-state index is 6.25. The fraction of sp³-hybridized carbons (Fsp3) is 0.571. The van der Waals surface area contributed by atoms with Crippen molar-refractivity contribution in [3.05, 3.63) is 35.3 Å². The fourth-order valence-electron chi connectivity index (χ4n) is 4.18. The van der Waals surface area contributed by atoms with Crippen LogP contribution < -0.4 is 15.4 Å². The molecule has 1 aromatic carbocycles. The van der Waals surface area contributed by atoms with E-state index in [0.29, 0.717) is 11.2 Å². The molecular weight excluding hydrogens is 356 g/mol. The van der Waals surface area contributed by atoms with Gasteiger partial charge in [0.25, 0.3) is 0 Å². The minimum Gasteiger partial charge on any atom is -0.489 e. The van der Waals surface area contributed by atoms with Crippen LogP contribution in [0.15, 0.2) is 29.6 Å². The van der Waals surface area contributed by atoms with E-state index >= 15 is 0 Å². The zero-order valence-corrected chi connectivity index (χ0v) is 17.3. The minimum absolute atomic E-state index is 0.214. The Labute approximate surface area is 166 Å². The Morgan fingerprint density at radius 3 is 2.56 bits per heavy atom. The normalized spacial score (nSPS) is 23.9. The first kappa shape index (κ1) is 18.6. The Morgan fingerprint density at radius 1 is 1.15 bits per heavy atom. The van der Waals surface area contributed by atoms with Crippen LogP contribution in [0, 0.1) is 0 Å². The number of likely N-dealkylation sites (tertiary alicyclic amines) is 1. The highest BCUT2D eigenvalue weighted by Crippen LogP contribution is 2.37. The topological polar surface area (TPSA) is 54.6 Å². The maximum absolute atomic E-state index is 6.25. The zero-order chi connectivity index (χ0) is 19.0. The van der Waals surface area contributed by atoms with Crippen molar-refractivity contribution in [1.29, 1.82) is 0 Å². The van der Waals surface area contributed by atoms with Crippen molar-refractivity contribution in [2.75, 3.05) is 30.3 Å². The summed E-state index contributed by atoms with van der Waals surface area (Å²) in [5.74, 6) is 0.966. The molecular formula is C21H30N4OS. The van der Waals surface area contributed by atoms with Crippen molar-refractivity contribution in [3.63, 3.8) is 0 Å². The predicted molar refractivity (Wildman–Crippen MR) is 113 cm³/mol. The van der Waals surface area contributed by atoms with Gasteiger partial charge in [0.1, 0.15) is 11.9 Å². The molecule has 2 aromatic rings. The van der Waals surface area contributed by atoms with Crippen LogP contribution in [-0.4, -0.2) is 41.2 Å². The largest absolute Gasteiger partial charge is 0.489 e. The van der Waals surface area contributed by atoms with Crippen molar-refractivity contribution < 1.29 is 4.74 Å². The summed E-state index contributed by atoms with van der Waals surface area (Å²) in [7, 11) is 0. The lowest BCUT2D eigenvalue weighted by Gasteiger charge is -2.31. The highest BCUT2D eigenvalue weighted by Gasteiger charge is 2.31. The van der Waals surface area contributed by atoms with Crippen molar-refractivity contribution in [2.24, 2.45) is 0 Å². The van der Waals surface area contributed by atoms with Crippen LogP contribution in [0.2, 0.25) is 0 Å². The molecule has 0 amide bonds. The molecule has 6 heteroatoms. The van der Waals surface area contributed by atoms with Gasteiger partial charge >= 0.3 is 0 Å². The summed E-state index contributed by atoms with van der Waals surface area (Å²) < 4.78 is 6.25. The smallest absolute Gasteiger partial charge is 0.180 e. The molecule has 3 heterocycles. The monoisotopic (exact) mass is 386 g/mol. The zero-order valence-electron chi connectivity index (χ0n) is 16.5. The molecule has 2 aliphatic heterocycles. The lowest BCUT2D eigenvalue weighted by molar-refractivity contribution is 0.141. The van der Waals surface area contributed by atoms with Crippen LogP contribution >= 0.6 is 11.3 Å². The maximum Gasteiger partial charge on any atom is 0.180 e.